The van der Waals surface area contributed by atoms with E-state index in [-0.39, 0.29) is 0 Å². The van der Waals surface area contributed by atoms with Gasteiger partial charge in [-0.3, -0.25) is 4.68 Å². The van der Waals surface area contributed by atoms with Crippen LogP contribution in [0.2, 0.25) is 5.02 Å². The Bertz CT molecular complexity index is 505. The molecule has 1 heterocycles. The maximum absolute atomic E-state index is 6.04. The number of aromatic nitrogens is 2. The summed E-state index contributed by atoms with van der Waals surface area (Å²) in [5.41, 5.74) is 8.82. The van der Waals surface area contributed by atoms with Crippen LogP contribution in [0.15, 0.2) is 30.6 Å². The molecule has 0 radical (unpaired) electrons. The molecule has 0 saturated carbocycles. The van der Waals surface area contributed by atoms with Crippen molar-refractivity contribution in [2.24, 2.45) is 5.73 Å². The number of nitrogens with two attached hydrogens (primary N) is 1. The molecule has 0 amide bonds. The standard InChI is InChI=1S/C13H16ClN3/c1-2-5-17-9-12(8-16-17)10-3-4-13(14)11(6-10)7-15/h3-4,6,8-9H,2,5,7,15H2,1H3. The summed E-state index contributed by atoms with van der Waals surface area (Å²) in [5, 5.41) is 5.03. The molecule has 0 aliphatic carbocycles. The van der Waals surface area contributed by atoms with E-state index in [9.17, 15) is 0 Å². The molecule has 0 aliphatic rings. The predicted molar refractivity (Wildman–Crippen MR) is 70.9 cm³/mol. The topological polar surface area (TPSA) is 43.8 Å². The Balaban J connectivity index is 2.32. The highest BCUT2D eigenvalue weighted by atomic mass is 35.5. The zero-order chi connectivity index (χ0) is 12.3. The Morgan fingerprint density at radius 2 is 2.18 bits per heavy atom. The average Bonchev–Trinajstić information content (AvgIpc) is 2.79. The lowest BCUT2D eigenvalue weighted by Crippen LogP contribution is -1.97. The Hall–Kier alpha value is -1.32. The molecule has 2 rings (SSSR count). The van der Waals surface area contributed by atoms with E-state index in [1.165, 1.54) is 0 Å². The maximum atomic E-state index is 6.04. The first kappa shape index (κ1) is 12.1. The van der Waals surface area contributed by atoms with E-state index < -0.39 is 0 Å². The van der Waals surface area contributed by atoms with E-state index in [0.717, 1.165) is 34.7 Å². The van der Waals surface area contributed by atoms with Gasteiger partial charge < -0.3 is 5.73 Å². The average molecular weight is 250 g/mol. The monoisotopic (exact) mass is 249 g/mol. The van der Waals surface area contributed by atoms with Crippen molar-refractivity contribution in [2.75, 3.05) is 0 Å². The molecule has 0 saturated heterocycles. The number of nitrogens with zero attached hydrogens (tertiary/aromatic N) is 2. The smallest absolute Gasteiger partial charge is 0.0568 e. The van der Waals surface area contributed by atoms with Crippen LogP contribution in [0.3, 0.4) is 0 Å². The van der Waals surface area contributed by atoms with E-state index >= 15 is 0 Å². The Morgan fingerprint density at radius 3 is 2.88 bits per heavy atom. The Morgan fingerprint density at radius 1 is 1.35 bits per heavy atom. The van der Waals surface area contributed by atoms with Gasteiger partial charge in [-0.05, 0) is 29.7 Å². The summed E-state index contributed by atoms with van der Waals surface area (Å²) in [6.45, 7) is 3.53. The summed E-state index contributed by atoms with van der Waals surface area (Å²) < 4.78 is 1.95. The molecule has 1 aromatic carbocycles. The van der Waals surface area contributed by atoms with E-state index in [4.69, 9.17) is 17.3 Å². The van der Waals surface area contributed by atoms with Crippen LogP contribution in [0.25, 0.3) is 11.1 Å². The first-order valence-electron chi connectivity index (χ1n) is 5.76. The number of benzene rings is 1. The molecule has 0 atom stereocenters. The van der Waals surface area contributed by atoms with Crippen molar-refractivity contribution in [1.82, 2.24) is 9.78 Å². The van der Waals surface area contributed by atoms with Gasteiger partial charge in [-0.25, -0.2) is 0 Å². The van der Waals surface area contributed by atoms with Crippen molar-refractivity contribution in [3.8, 4) is 11.1 Å². The third-order valence-corrected chi connectivity index (χ3v) is 3.05. The normalized spacial score (nSPS) is 10.8. The lowest BCUT2D eigenvalue weighted by Gasteiger charge is -2.03. The zero-order valence-corrected chi connectivity index (χ0v) is 10.6. The molecule has 90 valence electrons. The predicted octanol–water partition coefficient (Wildman–Crippen LogP) is 3.07. The van der Waals surface area contributed by atoms with Crippen LogP contribution in [0.1, 0.15) is 18.9 Å². The third-order valence-electron chi connectivity index (χ3n) is 2.68. The molecule has 0 bridgehead atoms. The maximum Gasteiger partial charge on any atom is 0.0568 e. The highest BCUT2D eigenvalue weighted by Crippen LogP contribution is 2.24. The van der Waals surface area contributed by atoms with Crippen molar-refractivity contribution >= 4 is 11.6 Å². The fraction of sp³-hybridized carbons (Fsp3) is 0.308. The number of hydrogen-bond donors (Lipinski definition) is 1. The highest BCUT2D eigenvalue weighted by molar-refractivity contribution is 6.31. The van der Waals surface area contributed by atoms with Crippen LogP contribution in [-0.2, 0) is 13.1 Å². The zero-order valence-electron chi connectivity index (χ0n) is 9.86. The number of halogens is 1. The second kappa shape index (κ2) is 5.34. The van der Waals surface area contributed by atoms with Crippen LogP contribution >= 0.6 is 11.6 Å². The molecule has 17 heavy (non-hydrogen) atoms. The molecule has 4 heteroatoms. The van der Waals surface area contributed by atoms with Gasteiger partial charge in [-0.2, -0.15) is 5.10 Å². The molecule has 2 N–H and O–H groups in total. The van der Waals surface area contributed by atoms with Gasteiger partial charge >= 0.3 is 0 Å². The quantitative estimate of drug-likeness (QED) is 0.905. The van der Waals surface area contributed by atoms with Crippen molar-refractivity contribution < 1.29 is 0 Å². The fourth-order valence-electron chi connectivity index (χ4n) is 1.77. The fourth-order valence-corrected chi connectivity index (χ4v) is 1.97. The summed E-state index contributed by atoms with van der Waals surface area (Å²) in [6.07, 6.45) is 5.00. The molecular formula is C13H16ClN3. The molecule has 0 aliphatic heterocycles. The molecule has 1 aromatic heterocycles. The van der Waals surface area contributed by atoms with Gasteiger partial charge in [0.15, 0.2) is 0 Å². The summed E-state index contributed by atoms with van der Waals surface area (Å²) in [4.78, 5) is 0. The van der Waals surface area contributed by atoms with E-state index in [1.54, 1.807) is 0 Å². The minimum absolute atomic E-state index is 0.454. The van der Waals surface area contributed by atoms with Gasteiger partial charge in [0.05, 0.1) is 6.20 Å². The SMILES string of the molecule is CCCn1cc(-c2ccc(Cl)c(CN)c2)cn1. The summed E-state index contributed by atoms with van der Waals surface area (Å²) >= 11 is 6.04. The largest absolute Gasteiger partial charge is 0.326 e. The second-order valence-corrected chi connectivity index (χ2v) is 4.41. The van der Waals surface area contributed by atoms with Gasteiger partial charge in [0.25, 0.3) is 0 Å². The first-order chi connectivity index (χ1) is 8.24. The van der Waals surface area contributed by atoms with Crippen molar-refractivity contribution in [3.63, 3.8) is 0 Å². The van der Waals surface area contributed by atoms with Gasteiger partial charge in [0.1, 0.15) is 0 Å². The van der Waals surface area contributed by atoms with Crippen LogP contribution < -0.4 is 5.73 Å². The second-order valence-electron chi connectivity index (χ2n) is 4.00. The number of aryl methyl sites for hydroxylation is 1. The van der Waals surface area contributed by atoms with E-state index in [0.29, 0.717) is 6.54 Å². The lowest BCUT2D eigenvalue weighted by atomic mass is 10.1. The Labute approximate surface area is 106 Å². The van der Waals surface area contributed by atoms with Crippen molar-refractivity contribution in [2.45, 2.75) is 26.4 Å². The number of rotatable bonds is 4. The minimum atomic E-state index is 0.454. The van der Waals surface area contributed by atoms with Gasteiger partial charge in [-0.15, -0.1) is 0 Å². The van der Waals surface area contributed by atoms with E-state index in [2.05, 4.69) is 12.0 Å². The first-order valence-corrected chi connectivity index (χ1v) is 6.13. The van der Waals surface area contributed by atoms with Crippen molar-refractivity contribution in [3.05, 3.63) is 41.2 Å². The van der Waals surface area contributed by atoms with Crippen LogP contribution in [0.4, 0.5) is 0 Å². The van der Waals surface area contributed by atoms with Gasteiger partial charge in [-0.1, -0.05) is 24.6 Å². The number of hydrogen-bond acceptors (Lipinski definition) is 2. The molecule has 3 nitrogen and oxygen atoms in total. The summed E-state index contributed by atoms with van der Waals surface area (Å²) in [6, 6.07) is 5.90. The molecule has 0 fully saturated rings. The lowest BCUT2D eigenvalue weighted by molar-refractivity contribution is 0.603. The van der Waals surface area contributed by atoms with Gasteiger partial charge in [0.2, 0.25) is 0 Å². The van der Waals surface area contributed by atoms with Crippen LogP contribution in [0, 0.1) is 0 Å². The van der Waals surface area contributed by atoms with Gasteiger partial charge in [0, 0.05) is 29.9 Å². The summed E-state index contributed by atoms with van der Waals surface area (Å²) in [5.74, 6) is 0. The molecule has 0 spiro atoms. The van der Waals surface area contributed by atoms with Crippen LogP contribution in [0.5, 0.6) is 0 Å². The molecule has 0 unspecified atom stereocenters. The third kappa shape index (κ3) is 2.68. The molecule has 2 aromatic rings. The minimum Gasteiger partial charge on any atom is -0.326 e. The van der Waals surface area contributed by atoms with Crippen molar-refractivity contribution in [1.29, 1.82) is 0 Å². The Kier molecular flexibility index (Phi) is 3.82. The highest BCUT2D eigenvalue weighted by Gasteiger charge is 2.04. The van der Waals surface area contributed by atoms with Crippen LogP contribution in [-0.4, -0.2) is 9.78 Å². The van der Waals surface area contributed by atoms with E-state index in [1.807, 2.05) is 35.3 Å². The molecular weight excluding hydrogens is 234 g/mol. The summed E-state index contributed by atoms with van der Waals surface area (Å²) in [7, 11) is 0.